The molecule has 1 saturated carbocycles. The number of nitrogens with zero attached hydrogens (tertiary/aromatic N) is 2. The standard InChI is InChI=1S/C16H21N3O2/c1-20-14-5-7-18-13(16(14)21-2)10-19-8-6-12(9-19)15(17)11-3-4-11/h5-9,11,15H,3-4,10,17H2,1-2H3. The average Bonchev–Trinajstić information content (AvgIpc) is 3.26. The minimum absolute atomic E-state index is 0.159. The summed E-state index contributed by atoms with van der Waals surface area (Å²) >= 11 is 0. The fourth-order valence-corrected chi connectivity index (χ4v) is 2.62. The van der Waals surface area contributed by atoms with Crippen molar-refractivity contribution in [3.63, 3.8) is 0 Å². The van der Waals surface area contributed by atoms with Gasteiger partial charge >= 0.3 is 0 Å². The third-order valence-corrected chi connectivity index (χ3v) is 3.99. The van der Waals surface area contributed by atoms with E-state index in [4.69, 9.17) is 15.2 Å². The smallest absolute Gasteiger partial charge is 0.184 e. The predicted octanol–water partition coefficient (Wildman–Crippen LogP) is 2.36. The van der Waals surface area contributed by atoms with Crippen LogP contribution < -0.4 is 15.2 Å². The number of nitrogens with two attached hydrogens (primary N) is 1. The highest BCUT2D eigenvalue weighted by molar-refractivity contribution is 5.42. The Kier molecular flexibility index (Phi) is 3.84. The number of hydrogen-bond acceptors (Lipinski definition) is 4. The molecule has 0 radical (unpaired) electrons. The molecule has 5 nitrogen and oxygen atoms in total. The number of hydrogen-bond donors (Lipinski definition) is 1. The van der Waals surface area contributed by atoms with E-state index in [1.165, 1.54) is 18.4 Å². The second-order valence-electron chi connectivity index (χ2n) is 5.47. The Morgan fingerprint density at radius 3 is 2.81 bits per heavy atom. The summed E-state index contributed by atoms with van der Waals surface area (Å²) in [6.45, 7) is 0.637. The van der Waals surface area contributed by atoms with Crippen LogP contribution in [-0.2, 0) is 6.54 Å². The molecule has 2 aromatic heterocycles. The Bertz CT molecular complexity index is 620. The number of methoxy groups -OCH3 is 2. The fourth-order valence-electron chi connectivity index (χ4n) is 2.62. The maximum atomic E-state index is 6.24. The lowest BCUT2D eigenvalue weighted by Gasteiger charge is -2.12. The van der Waals surface area contributed by atoms with Gasteiger partial charge in [0, 0.05) is 30.7 Å². The monoisotopic (exact) mass is 287 g/mol. The van der Waals surface area contributed by atoms with Crippen molar-refractivity contribution in [2.45, 2.75) is 25.4 Å². The molecule has 3 rings (SSSR count). The van der Waals surface area contributed by atoms with Gasteiger partial charge in [-0.05, 0) is 30.4 Å². The van der Waals surface area contributed by atoms with Crippen LogP contribution in [-0.4, -0.2) is 23.8 Å². The molecule has 0 aromatic carbocycles. The van der Waals surface area contributed by atoms with Gasteiger partial charge in [0.2, 0.25) is 0 Å². The molecular formula is C16H21N3O2. The van der Waals surface area contributed by atoms with Gasteiger partial charge < -0.3 is 19.8 Å². The summed E-state index contributed by atoms with van der Waals surface area (Å²) in [6.07, 6.45) is 8.37. The zero-order valence-corrected chi connectivity index (χ0v) is 12.5. The summed E-state index contributed by atoms with van der Waals surface area (Å²) in [7, 11) is 3.26. The molecule has 0 aliphatic heterocycles. The summed E-state index contributed by atoms with van der Waals surface area (Å²) in [6, 6.07) is 4.05. The van der Waals surface area contributed by atoms with Crippen LogP contribution in [0.25, 0.3) is 0 Å². The van der Waals surface area contributed by atoms with Crippen LogP contribution in [0.3, 0.4) is 0 Å². The molecule has 21 heavy (non-hydrogen) atoms. The Labute approximate surface area is 124 Å². The van der Waals surface area contributed by atoms with Crippen LogP contribution in [0, 0.1) is 5.92 Å². The maximum Gasteiger partial charge on any atom is 0.184 e. The highest BCUT2D eigenvalue weighted by Crippen LogP contribution is 2.39. The Balaban J connectivity index is 1.80. The normalized spacial score (nSPS) is 15.8. The molecule has 5 heteroatoms. The molecular weight excluding hydrogens is 266 g/mol. The molecule has 1 unspecified atom stereocenters. The Hall–Kier alpha value is -2.01. The predicted molar refractivity (Wildman–Crippen MR) is 80.5 cm³/mol. The van der Waals surface area contributed by atoms with E-state index in [1.54, 1.807) is 26.5 Å². The first kappa shape index (κ1) is 13.9. The second-order valence-corrected chi connectivity index (χ2v) is 5.47. The van der Waals surface area contributed by atoms with Crippen LogP contribution >= 0.6 is 0 Å². The van der Waals surface area contributed by atoms with Crippen molar-refractivity contribution < 1.29 is 9.47 Å². The summed E-state index contributed by atoms with van der Waals surface area (Å²) in [5.41, 5.74) is 8.28. The number of pyridine rings is 1. The Morgan fingerprint density at radius 1 is 1.33 bits per heavy atom. The van der Waals surface area contributed by atoms with E-state index in [0.29, 0.717) is 24.0 Å². The topological polar surface area (TPSA) is 62.3 Å². The summed E-state index contributed by atoms with van der Waals surface area (Å²) in [5.74, 6) is 2.04. The third-order valence-electron chi connectivity index (χ3n) is 3.99. The first-order chi connectivity index (χ1) is 10.2. The molecule has 0 amide bonds. The number of rotatable bonds is 6. The minimum atomic E-state index is 0.159. The highest BCUT2D eigenvalue weighted by atomic mass is 16.5. The Morgan fingerprint density at radius 2 is 2.14 bits per heavy atom. The first-order valence-corrected chi connectivity index (χ1v) is 7.20. The lowest BCUT2D eigenvalue weighted by molar-refractivity contribution is 0.348. The molecule has 1 fully saturated rings. The van der Waals surface area contributed by atoms with Crippen LogP contribution in [0.1, 0.15) is 30.1 Å². The van der Waals surface area contributed by atoms with Crippen LogP contribution in [0.15, 0.2) is 30.7 Å². The third kappa shape index (κ3) is 2.88. The van der Waals surface area contributed by atoms with Gasteiger partial charge in [-0.2, -0.15) is 0 Å². The van der Waals surface area contributed by atoms with Crippen LogP contribution in [0.5, 0.6) is 11.5 Å². The molecule has 1 atom stereocenters. The second kappa shape index (κ2) is 5.77. The van der Waals surface area contributed by atoms with Crippen molar-refractivity contribution in [1.29, 1.82) is 0 Å². The molecule has 0 spiro atoms. The SMILES string of the molecule is COc1ccnc(Cn2ccc(C(N)C3CC3)c2)c1OC. The van der Waals surface area contributed by atoms with Crippen LogP contribution in [0.2, 0.25) is 0 Å². The molecule has 2 N–H and O–H groups in total. The van der Waals surface area contributed by atoms with Crippen LogP contribution in [0.4, 0.5) is 0 Å². The van der Waals surface area contributed by atoms with Gasteiger partial charge in [0.1, 0.15) is 5.69 Å². The van der Waals surface area contributed by atoms with Gasteiger partial charge in [-0.25, -0.2) is 0 Å². The zero-order chi connectivity index (χ0) is 14.8. The van der Waals surface area contributed by atoms with E-state index in [1.807, 2.05) is 6.20 Å². The molecule has 2 heterocycles. The highest BCUT2D eigenvalue weighted by Gasteiger charge is 2.29. The summed E-state index contributed by atoms with van der Waals surface area (Å²) < 4.78 is 12.8. The number of ether oxygens (including phenoxy) is 2. The first-order valence-electron chi connectivity index (χ1n) is 7.20. The van der Waals surface area contributed by atoms with Gasteiger partial charge in [0.15, 0.2) is 11.5 Å². The van der Waals surface area contributed by atoms with Gasteiger partial charge in [0.25, 0.3) is 0 Å². The van der Waals surface area contributed by atoms with E-state index in [0.717, 1.165) is 5.69 Å². The maximum absolute atomic E-state index is 6.24. The van der Waals surface area contributed by atoms with E-state index < -0.39 is 0 Å². The van der Waals surface area contributed by atoms with Crippen molar-refractivity contribution in [2.75, 3.05) is 14.2 Å². The lowest BCUT2D eigenvalue weighted by atomic mass is 10.1. The van der Waals surface area contributed by atoms with Crippen molar-refractivity contribution in [3.05, 3.63) is 42.0 Å². The van der Waals surface area contributed by atoms with Crippen molar-refractivity contribution in [3.8, 4) is 11.5 Å². The molecule has 1 aliphatic rings. The molecule has 0 saturated heterocycles. The average molecular weight is 287 g/mol. The van der Waals surface area contributed by atoms with Crippen molar-refractivity contribution in [1.82, 2.24) is 9.55 Å². The van der Waals surface area contributed by atoms with Gasteiger partial charge in [-0.3, -0.25) is 4.98 Å². The van der Waals surface area contributed by atoms with Crippen molar-refractivity contribution in [2.24, 2.45) is 11.7 Å². The van der Waals surface area contributed by atoms with Gasteiger partial charge in [-0.1, -0.05) is 0 Å². The minimum Gasteiger partial charge on any atom is -0.493 e. The summed E-state index contributed by atoms with van der Waals surface area (Å²) in [4.78, 5) is 4.40. The van der Waals surface area contributed by atoms with E-state index >= 15 is 0 Å². The van der Waals surface area contributed by atoms with E-state index in [9.17, 15) is 0 Å². The van der Waals surface area contributed by atoms with Gasteiger partial charge in [0.05, 0.1) is 20.8 Å². The van der Waals surface area contributed by atoms with Crippen molar-refractivity contribution >= 4 is 0 Å². The van der Waals surface area contributed by atoms with E-state index in [2.05, 4.69) is 21.8 Å². The molecule has 2 aromatic rings. The van der Waals surface area contributed by atoms with E-state index in [-0.39, 0.29) is 6.04 Å². The molecule has 0 bridgehead atoms. The zero-order valence-electron chi connectivity index (χ0n) is 12.5. The quantitative estimate of drug-likeness (QED) is 0.886. The lowest BCUT2D eigenvalue weighted by Crippen LogP contribution is -2.11. The number of aromatic nitrogens is 2. The molecule has 1 aliphatic carbocycles. The van der Waals surface area contributed by atoms with Gasteiger partial charge in [-0.15, -0.1) is 0 Å². The molecule has 112 valence electrons. The largest absolute Gasteiger partial charge is 0.493 e. The fraction of sp³-hybridized carbons (Fsp3) is 0.438. The summed E-state index contributed by atoms with van der Waals surface area (Å²) in [5, 5.41) is 0.